The van der Waals surface area contributed by atoms with Crippen molar-refractivity contribution in [3.8, 4) is 0 Å². The number of aromatic nitrogens is 2. The summed E-state index contributed by atoms with van der Waals surface area (Å²) < 4.78 is 1.93. The van der Waals surface area contributed by atoms with Gasteiger partial charge in [0.15, 0.2) is 0 Å². The number of imidazole rings is 1. The fourth-order valence-corrected chi connectivity index (χ4v) is 1.84. The number of nitrogens with zero attached hydrogens (tertiary/aromatic N) is 2. The van der Waals surface area contributed by atoms with Crippen molar-refractivity contribution in [1.29, 1.82) is 0 Å². The van der Waals surface area contributed by atoms with Crippen molar-refractivity contribution < 1.29 is 9.90 Å². The molecule has 88 valence electrons. The number of benzene rings is 1. The molecule has 0 bridgehead atoms. The van der Waals surface area contributed by atoms with E-state index in [1.54, 1.807) is 18.3 Å². The SMILES string of the molecule is Cc1cc(Cc2nccn2C)cc(C(=O)O)c1. The number of carbonyl (C=O) groups is 1. The van der Waals surface area contributed by atoms with E-state index >= 15 is 0 Å². The van der Waals surface area contributed by atoms with Gasteiger partial charge in [-0.2, -0.15) is 0 Å². The van der Waals surface area contributed by atoms with Gasteiger partial charge < -0.3 is 9.67 Å². The number of carboxylic acid groups (broad SMARTS) is 1. The molecule has 2 aromatic rings. The normalized spacial score (nSPS) is 10.5. The zero-order chi connectivity index (χ0) is 12.4. The number of hydrogen-bond acceptors (Lipinski definition) is 2. The average molecular weight is 230 g/mol. The number of aromatic carboxylic acids is 1. The average Bonchev–Trinajstić information content (AvgIpc) is 2.63. The largest absolute Gasteiger partial charge is 0.478 e. The number of hydrogen-bond donors (Lipinski definition) is 1. The van der Waals surface area contributed by atoms with Gasteiger partial charge in [-0.15, -0.1) is 0 Å². The molecule has 17 heavy (non-hydrogen) atoms. The zero-order valence-electron chi connectivity index (χ0n) is 9.84. The minimum Gasteiger partial charge on any atom is -0.478 e. The van der Waals surface area contributed by atoms with Crippen LogP contribution in [0.4, 0.5) is 0 Å². The Morgan fingerprint density at radius 2 is 2.18 bits per heavy atom. The van der Waals surface area contributed by atoms with Crippen LogP contribution in [-0.4, -0.2) is 20.6 Å². The third-order valence-corrected chi connectivity index (χ3v) is 2.67. The van der Waals surface area contributed by atoms with Gasteiger partial charge in [0.1, 0.15) is 5.82 Å². The highest BCUT2D eigenvalue weighted by atomic mass is 16.4. The van der Waals surface area contributed by atoms with Crippen LogP contribution in [0.3, 0.4) is 0 Å². The van der Waals surface area contributed by atoms with Gasteiger partial charge in [0.25, 0.3) is 0 Å². The van der Waals surface area contributed by atoms with Crippen LogP contribution in [0.25, 0.3) is 0 Å². The van der Waals surface area contributed by atoms with Crippen molar-refractivity contribution in [2.75, 3.05) is 0 Å². The summed E-state index contributed by atoms with van der Waals surface area (Å²) in [5.41, 5.74) is 2.25. The molecule has 0 amide bonds. The molecule has 4 nitrogen and oxygen atoms in total. The predicted molar refractivity (Wildman–Crippen MR) is 64.2 cm³/mol. The Balaban J connectivity index is 2.33. The Morgan fingerprint density at radius 3 is 2.76 bits per heavy atom. The van der Waals surface area contributed by atoms with E-state index in [-0.39, 0.29) is 0 Å². The molecule has 1 aromatic heterocycles. The lowest BCUT2D eigenvalue weighted by Gasteiger charge is -2.05. The van der Waals surface area contributed by atoms with Crippen molar-refractivity contribution in [2.24, 2.45) is 7.05 Å². The maximum atomic E-state index is 11.0. The molecule has 0 saturated carbocycles. The number of rotatable bonds is 3. The molecule has 0 atom stereocenters. The first kappa shape index (κ1) is 11.4. The topological polar surface area (TPSA) is 55.1 Å². The lowest BCUT2D eigenvalue weighted by molar-refractivity contribution is 0.0696. The molecule has 0 fully saturated rings. The fourth-order valence-electron chi connectivity index (χ4n) is 1.84. The quantitative estimate of drug-likeness (QED) is 0.877. The summed E-state index contributed by atoms with van der Waals surface area (Å²) >= 11 is 0. The lowest BCUT2D eigenvalue weighted by Crippen LogP contribution is -2.02. The van der Waals surface area contributed by atoms with E-state index in [0.717, 1.165) is 17.0 Å². The van der Waals surface area contributed by atoms with E-state index in [1.807, 2.05) is 30.8 Å². The van der Waals surface area contributed by atoms with E-state index in [2.05, 4.69) is 4.98 Å². The van der Waals surface area contributed by atoms with Gasteiger partial charge >= 0.3 is 5.97 Å². The standard InChI is InChI=1S/C13H14N2O2/c1-9-5-10(7-11(6-9)13(16)17)8-12-14-3-4-15(12)2/h3-7H,8H2,1-2H3,(H,16,17). The van der Waals surface area contributed by atoms with Crippen molar-refractivity contribution in [1.82, 2.24) is 9.55 Å². The summed E-state index contributed by atoms with van der Waals surface area (Å²) in [6, 6.07) is 5.36. The van der Waals surface area contributed by atoms with Crippen molar-refractivity contribution in [3.63, 3.8) is 0 Å². The van der Waals surface area contributed by atoms with Crippen LogP contribution in [0.1, 0.15) is 27.3 Å². The van der Waals surface area contributed by atoms with Crippen LogP contribution in [0, 0.1) is 6.92 Å². The fraction of sp³-hybridized carbons (Fsp3) is 0.231. The molecular formula is C13H14N2O2. The Kier molecular flexibility index (Phi) is 2.95. The Bertz CT molecular complexity index is 558. The molecule has 4 heteroatoms. The molecule has 1 heterocycles. The predicted octanol–water partition coefficient (Wildman–Crippen LogP) is 2.02. The minimum absolute atomic E-state index is 0.328. The Morgan fingerprint density at radius 1 is 1.41 bits per heavy atom. The molecule has 0 saturated heterocycles. The Hall–Kier alpha value is -2.10. The first-order valence-corrected chi connectivity index (χ1v) is 5.36. The summed E-state index contributed by atoms with van der Waals surface area (Å²) in [5.74, 6) is 0.0294. The highest BCUT2D eigenvalue weighted by molar-refractivity contribution is 5.88. The highest BCUT2D eigenvalue weighted by Gasteiger charge is 2.07. The molecule has 1 N–H and O–H groups in total. The molecule has 0 unspecified atom stereocenters. The van der Waals surface area contributed by atoms with Gasteiger partial charge in [-0.3, -0.25) is 0 Å². The number of carboxylic acids is 1. The van der Waals surface area contributed by atoms with E-state index in [4.69, 9.17) is 5.11 Å². The van der Waals surface area contributed by atoms with Crippen LogP contribution in [0.15, 0.2) is 30.6 Å². The second-order valence-electron chi connectivity index (χ2n) is 4.14. The van der Waals surface area contributed by atoms with E-state index < -0.39 is 5.97 Å². The summed E-state index contributed by atoms with van der Waals surface area (Å²) in [4.78, 5) is 15.2. The van der Waals surface area contributed by atoms with Gasteiger partial charge in [-0.25, -0.2) is 9.78 Å². The van der Waals surface area contributed by atoms with Gasteiger partial charge in [0.05, 0.1) is 5.56 Å². The second kappa shape index (κ2) is 4.41. The van der Waals surface area contributed by atoms with E-state index in [1.165, 1.54) is 0 Å². The van der Waals surface area contributed by atoms with Crippen LogP contribution in [0.2, 0.25) is 0 Å². The van der Waals surface area contributed by atoms with Gasteiger partial charge in [0, 0.05) is 25.9 Å². The van der Waals surface area contributed by atoms with Crippen LogP contribution < -0.4 is 0 Å². The van der Waals surface area contributed by atoms with Crippen LogP contribution in [0.5, 0.6) is 0 Å². The van der Waals surface area contributed by atoms with E-state index in [0.29, 0.717) is 12.0 Å². The van der Waals surface area contributed by atoms with Gasteiger partial charge in [-0.1, -0.05) is 6.07 Å². The van der Waals surface area contributed by atoms with Crippen LogP contribution >= 0.6 is 0 Å². The molecule has 0 aliphatic carbocycles. The van der Waals surface area contributed by atoms with Gasteiger partial charge in [0.2, 0.25) is 0 Å². The molecule has 0 aliphatic heterocycles. The lowest BCUT2D eigenvalue weighted by atomic mass is 10.0. The monoisotopic (exact) mass is 230 g/mol. The molecule has 0 spiro atoms. The van der Waals surface area contributed by atoms with E-state index in [9.17, 15) is 4.79 Å². The molecule has 0 aliphatic rings. The smallest absolute Gasteiger partial charge is 0.335 e. The third kappa shape index (κ3) is 2.53. The molecular weight excluding hydrogens is 216 g/mol. The maximum absolute atomic E-state index is 11.0. The minimum atomic E-state index is -0.894. The summed E-state index contributed by atoms with van der Waals surface area (Å²) in [6.07, 6.45) is 4.26. The number of aryl methyl sites for hydroxylation is 2. The molecule has 2 rings (SSSR count). The second-order valence-corrected chi connectivity index (χ2v) is 4.14. The van der Waals surface area contributed by atoms with Crippen molar-refractivity contribution in [2.45, 2.75) is 13.3 Å². The van der Waals surface area contributed by atoms with Crippen LogP contribution in [-0.2, 0) is 13.5 Å². The van der Waals surface area contributed by atoms with Gasteiger partial charge in [-0.05, 0) is 30.2 Å². The third-order valence-electron chi connectivity index (χ3n) is 2.67. The first-order chi connectivity index (χ1) is 8.06. The van der Waals surface area contributed by atoms with Crippen molar-refractivity contribution in [3.05, 3.63) is 53.1 Å². The molecule has 0 radical (unpaired) electrons. The maximum Gasteiger partial charge on any atom is 0.335 e. The molecule has 1 aromatic carbocycles. The summed E-state index contributed by atoms with van der Waals surface area (Å²) in [6.45, 7) is 1.90. The summed E-state index contributed by atoms with van der Waals surface area (Å²) in [5, 5.41) is 8.99. The Labute approximate surface area is 99.5 Å². The highest BCUT2D eigenvalue weighted by Crippen LogP contribution is 2.13. The first-order valence-electron chi connectivity index (χ1n) is 5.36. The summed E-state index contributed by atoms with van der Waals surface area (Å²) in [7, 11) is 1.93. The zero-order valence-corrected chi connectivity index (χ0v) is 9.84. The van der Waals surface area contributed by atoms with Crippen molar-refractivity contribution >= 4 is 5.97 Å².